The van der Waals surface area contributed by atoms with E-state index in [4.69, 9.17) is 4.42 Å². The Kier molecular flexibility index (Phi) is 7.75. The van der Waals surface area contributed by atoms with E-state index in [1.807, 2.05) is 12.1 Å². The molecule has 0 aliphatic rings. The molecule has 0 bridgehead atoms. The van der Waals surface area contributed by atoms with Crippen molar-refractivity contribution in [1.29, 1.82) is 0 Å². The Balaban J connectivity index is 1.15. The van der Waals surface area contributed by atoms with Gasteiger partial charge < -0.3 is 9.32 Å². The first-order chi connectivity index (χ1) is 25.3. The average Bonchev–Trinajstić information content (AvgIpc) is 3.58. The monoisotopic (exact) mass is 653 g/mol. The molecule has 0 radical (unpaired) electrons. The third kappa shape index (κ3) is 5.39. The number of furan rings is 1. The molecule has 1 heterocycles. The van der Waals surface area contributed by atoms with Gasteiger partial charge in [0.05, 0.1) is 5.41 Å². The maximum atomic E-state index is 6.32. The minimum Gasteiger partial charge on any atom is -0.456 e. The molecule has 0 aliphatic carbocycles. The lowest BCUT2D eigenvalue weighted by Crippen LogP contribution is -2.30. The number of para-hydroxylation sites is 2. The van der Waals surface area contributed by atoms with Crippen LogP contribution >= 0.6 is 0 Å². The molecule has 0 N–H and O–H groups in total. The Labute approximate surface area is 298 Å². The van der Waals surface area contributed by atoms with E-state index in [9.17, 15) is 0 Å². The smallest absolute Gasteiger partial charge is 0.137 e. The summed E-state index contributed by atoms with van der Waals surface area (Å²) in [4.78, 5) is 2.30. The molecule has 8 aromatic carbocycles. The second-order valence-electron chi connectivity index (χ2n) is 12.9. The zero-order chi connectivity index (χ0) is 34.0. The number of hydrogen-bond donors (Lipinski definition) is 0. The third-order valence-corrected chi connectivity index (χ3v) is 10.0. The average molecular weight is 654 g/mol. The lowest BCUT2D eigenvalue weighted by molar-refractivity contribution is 0.669. The number of hydrogen-bond acceptors (Lipinski definition) is 2. The van der Waals surface area contributed by atoms with Crippen molar-refractivity contribution in [1.82, 2.24) is 0 Å². The van der Waals surface area contributed by atoms with E-state index >= 15 is 0 Å². The Hall–Kier alpha value is -6.64. The molecule has 0 saturated heterocycles. The SMILES string of the molecule is c1ccc(N(c2cccc(-c3ccc(C(c4ccccc4)(c4ccccc4)c4ccccc4)cc3)c2)c2ccc3c(c2)oc2ccccc23)cc1. The summed E-state index contributed by atoms with van der Waals surface area (Å²) in [6, 6.07) is 75.8. The zero-order valence-electron chi connectivity index (χ0n) is 28.1. The highest BCUT2D eigenvalue weighted by Crippen LogP contribution is 2.46. The standard InChI is InChI=1S/C49H35NO/c1-5-17-38(18-6-1)49(39-19-7-2-8-20-39,40-21-9-3-10-22-40)41-30-28-36(29-31-41)37-16-15-25-43(34-37)50(42-23-11-4-12-24-42)44-32-33-46-45-26-13-14-27-47(45)51-48(46)35-44/h1-35H. The molecule has 2 nitrogen and oxygen atoms in total. The number of anilines is 3. The van der Waals surface area contributed by atoms with Crippen molar-refractivity contribution in [3.8, 4) is 11.1 Å². The highest BCUT2D eigenvalue weighted by molar-refractivity contribution is 6.06. The Bertz CT molecular complexity index is 2460. The van der Waals surface area contributed by atoms with Crippen LogP contribution in [-0.4, -0.2) is 0 Å². The van der Waals surface area contributed by atoms with Gasteiger partial charge in [-0.25, -0.2) is 0 Å². The fourth-order valence-corrected chi connectivity index (χ4v) is 7.68. The first-order valence-electron chi connectivity index (χ1n) is 17.4. The van der Waals surface area contributed by atoms with Crippen molar-refractivity contribution < 1.29 is 4.42 Å². The number of fused-ring (bicyclic) bond motifs is 3. The highest BCUT2D eigenvalue weighted by atomic mass is 16.3. The van der Waals surface area contributed by atoms with Crippen molar-refractivity contribution in [3.05, 3.63) is 235 Å². The van der Waals surface area contributed by atoms with Crippen LogP contribution in [0.5, 0.6) is 0 Å². The molecule has 0 atom stereocenters. The van der Waals surface area contributed by atoms with Crippen molar-refractivity contribution in [2.45, 2.75) is 5.41 Å². The molecule has 1 aromatic heterocycles. The quantitative estimate of drug-likeness (QED) is 0.152. The van der Waals surface area contributed by atoms with Crippen molar-refractivity contribution in [2.24, 2.45) is 0 Å². The van der Waals surface area contributed by atoms with Crippen molar-refractivity contribution >= 4 is 39.0 Å². The summed E-state index contributed by atoms with van der Waals surface area (Å²) in [5.41, 5.74) is 11.7. The van der Waals surface area contributed by atoms with Crippen molar-refractivity contribution in [2.75, 3.05) is 4.90 Å². The maximum Gasteiger partial charge on any atom is 0.137 e. The summed E-state index contributed by atoms with van der Waals surface area (Å²) in [5, 5.41) is 2.25. The van der Waals surface area contributed by atoms with Crippen LogP contribution in [0.1, 0.15) is 22.3 Å². The van der Waals surface area contributed by atoms with Gasteiger partial charge in [-0.05, 0) is 75.8 Å². The van der Waals surface area contributed by atoms with E-state index in [0.29, 0.717) is 0 Å². The van der Waals surface area contributed by atoms with Crippen LogP contribution in [0.25, 0.3) is 33.1 Å². The molecular weight excluding hydrogens is 619 g/mol. The van der Waals surface area contributed by atoms with Gasteiger partial charge in [0.25, 0.3) is 0 Å². The molecule has 51 heavy (non-hydrogen) atoms. The summed E-state index contributed by atoms with van der Waals surface area (Å²) in [6.07, 6.45) is 0. The van der Waals surface area contributed by atoms with Crippen LogP contribution in [0.15, 0.2) is 217 Å². The first-order valence-corrected chi connectivity index (χ1v) is 17.4. The fourth-order valence-electron chi connectivity index (χ4n) is 7.68. The summed E-state index contributed by atoms with van der Waals surface area (Å²) >= 11 is 0. The first kappa shape index (κ1) is 30.4. The zero-order valence-corrected chi connectivity index (χ0v) is 28.1. The van der Waals surface area contributed by atoms with Gasteiger partial charge in [-0.1, -0.05) is 164 Å². The molecule has 9 aromatic rings. The van der Waals surface area contributed by atoms with E-state index in [1.165, 1.54) is 22.3 Å². The highest BCUT2D eigenvalue weighted by Gasteiger charge is 2.38. The lowest BCUT2D eigenvalue weighted by Gasteiger charge is -2.37. The molecule has 0 amide bonds. The maximum absolute atomic E-state index is 6.32. The molecular formula is C49H35NO. The summed E-state index contributed by atoms with van der Waals surface area (Å²) in [5.74, 6) is 0. The third-order valence-electron chi connectivity index (χ3n) is 10.0. The van der Waals surface area contributed by atoms with Gasteiger partial charge >= 0.3 is 0 Å². The van der Waals surface area contributed by atoms with Gasteiger partial charge in [0, 0.05) is 33.9 Å². The second-order valence-corrected chi connectivity index (χ2v) is 12.9. The van der Waals surface area contributed by atoms with E-state index in [-0.39, 0.29) is 0 Å². The largest absolute Gasteiger partial charge is 0.456 e. The van der Waals surface area contributed by atoms with Crippen LogP contribution in [0, 0.1) is 0 Å². The van der Waals surface area contributed by atoms with Crippen LogP contribution in [0.4, 0.5) is 17.1 Å². The van der Waals surface area contributed by atoms with Crippen LogP contribution in [0.2, 0.25) is 0 Å². The fraction of sp³-hybridized carbons (Fsp3) is 0.0204. The van der Waals surface area contributed by atoms with Gasteiger partial charge in [-0.3, -0.25) is 0 Å². The summed E-state index contributed by atoms with van der Waals surface area (Å²) in [6.45, 7) is 0. The Morgan fingerprint density at radius 3 is 1.43 bits per heavy atom. The molecule has 0 aliphatic heterocycles. The molecule has 242 valence electrons. The summed E-state index contributed by atoms with van der Waals surface area (Å²) < 4.78 is 6.32. The Morgan fingerprint density at radius 1 is 0.314 bits per heavy atom. The normalized spacial score (nSPS) is 11.5. The van der Waals surface area contributed by atoms with E-state index in [1.54, 1.807) is 0 Å². The van der Waals surface area contributed by atoms with Crippen LogP contribution in [0.3, 0.4) is 0 Å². The minimum atomic E-state index is -0.483. The topological polar surface area (TPSA) is 16.4 Å². The number of rotatable bonds is 8. The molecule has 0 spiro atoms. The molecule has 2 heteroatoms. The van der Waals surface area contributed by atoms with Gasteiger partial charge in [-0.2, -0.15) is 0 Å². The van der Waals surface area contributed by atoms with Gasteiger partial charge in [0.1, 0.15) is 11.2 Å². The van der Waals surface area contributed by atoms with Gasteiger partial charge in [0.15, 0.2) is 0 Å². The lowest BCUT2D eigenvalue weighted by atomic mass is 9.65. The summed E-state index contributed by atoms with van der Waals surface area (Å²) in [7, 11) is 0. The predicted octanol–water partition coefficient (Wildman–Crippen LogP) is 13.1. The number of nitrogens with zero attached hydrogens (tertiary/aromatic N) is 1. The number of benzene rings is 8. The van der Waals surface area contributed by atoms with E-state index < -0.39 is 5.41 Å². The molecule has 0 unspecified atom stereocenters. The predicted molar refractivity (Wildman–Crippen MR) is 212 cm³/mol. The molecule has 0 fully saturated rings. The van der Waals surface area contributed by atoms with Crippen molar-refractivity contribution in [3.63, 3.8) is 0 Å². The molecule has 0 saturated carbocycles. The second kappa shape index (κ2) is 13.0. The van der Waals surface area contributed by atoms with Gasteiger partial charge in [-0.15, -0.1) is 0 Å². The van der Waals surface area contributed by atoms with Crippen LogP contribution in [-0.2, 0) is 5.41 Å². The van der Waals surface area contributed by atoms with Crippen LogP contribution < -0.4 is 4.90 Å². The van der Waals surface area contributed by atoms with E-state index in [2.05, 4.69) is 205 Å². The Morgan fingerprint density at radius 2 is 0.804 bits per heavy atom. The van der Waals surface area contributed by atoms with Gasteiger partial charge in [0.2, 0.25) is 0 Å². The van der Waals surface area contributed by atoms with E-state index in [0.717, 1.165) is 50.1 Å². The minimum absolute atomic E-state index is 0.483. The molecule has 9 rings (SSSR count).